The van der Waals surface area contributed by atoms with Crippen molar-refractivity contribution in [3.05, 3.63) is 35.9 Å². The number of methoxy groups -OCH3 is 2. The minimum atomic E-state index is -0.742. The second-order valence-electron chi connectivity index (χ2n) is 15.3. The van der Waals surface area contributed by atoms with E-state index in [9.17, 15) is 19.2 Å². The lowest BCUT2D eigenvalue weighted by atomic mass is 9.89. The summed E-state index contributed by atoms with van der Waals surface area (Å²) in [5.41, 5.74) is 1.16. The van der Waals surface area contributed by atoms with E-state index in [2.05, 4.69) is 48.9 Å². The zero-order valence-electron chi connectivity index (χ0n) is 33.7. The number of nitrogens with one attached hydrogen (secondary N) is 3. The Morgan fingerprint density at radius 1 is 0.882 bits per heavy atom. The third-order valence-corrected chi connectivity index (χ3v) is 11.2. The van der Waals surface area contributed by atoms with E-state index in [0.717, 1.165) is 24.8 Å². The molecule has 10 atom stereocenters. The van der Waals surface area contributed by atoms with Gasteiger partial charge < -0.3 is 35.2 Å². The van der Waals surface area contributed by atoms with Crippen LogP contribution in [-0.4, -0.2) is 111 Å². The van der Waals surface area contributed by atoms with Crippen LogP contribution in [0.3, 0.4) is 0 Å². The molecule has 0 aliphatic carbocycles. The predicted molar refractivity (Wildman–Crippen MR) is 203 cm³/mol. The van der Waals surface area contributed by atoms with Crippen LogP contribution in [0, 0.1) is 23.7 Å². The van der Waals surface area contributed by atoms with Gasteiger partial charge in [-0.25, -0.2) is 0 Å². The number of carbonyl (C=O) groups excluding carboxylic acids is 4. The number of carbonyl (C=O) groups is 4. The fourth-order valence-corrected chi connectivity index (χ4v) is 7.58. The van der Waals surface area contributed by atoms with Crippen LogP contribution in [0.4, 0.5) is 0 Å². The number of ether oxygens (including phenoxy) is 2. The van der Waals surface area contributed by atoms with Crippen molar-refractivity contribution < 1.29 is 28.7 Å². The molecule has 0 spiro atoms. The highest BCUT2D eigenvalue weighted by molar-refractivity contribution is 5.90. The first-order valence-corrected chi connectivity index (χ1v) is 19.0. The lowest BCUT2D eigenvalue weighted by Crippen LogP contribution is -2.59. The number of hydrogen-bond acceptors (Lipinski definition) is 7. The summed E-state index contributed by atoms with van der Waals surface area (Å²) in [5, 5.41) is 9.25. The van der Waals surface area contributed by atoms with Gasteiger partial charge in [0.15, 0.2) is 0 Å². The predicted octanol–water partition coefficient (Wildman–Crippen LogP) is 4.60. The molecule has 1 aromatic rings. The monoisotopic (exact) mass is 716 g/mol. The third kappa shape index (κ3) is 11.5. The summed E-state index contributed by atoms with van der Waals surface area (Å²) in [6, 6.07) is 8.16. The summed E-state index contributed by atoms with van der Waals surface area (Å²) in [7, 11) is 6.67. The largest absolute Gasteiger partial charge is 0.379 e. The summed E-state index contributed by atoms with van der Waals surface area (Å²) in [6.45, 7) is 18.4. The van der Waals surface area contributed by atoms with Gasteiger partial charge in [-0.05, 0) is 50.1 Å². The Bertz CT molecular complexity index is 1240. The Morgan fingerprint density at radius 3 is 2.00 bits per heavy atom. The Hall–Kier alpha value is -3.02. The van der Waals surface area contributed by atoms with Gasteiger partial charge >= 0.3 is 0 Å². The number of rotatable bonds is 20. The fraction of sp³-hybridized carbons (Fsp3) is 0.750. The lowest BCUT2D eigenvalue weighted by molar-refractivity contribution is -0.147. The average Bonchev–Trinajstić information content (AvgIpc) is 3.59. The van der Waals surface area contributed by atoms with E-state index in [0.29, 0.717) is 6.54 Å². The molecule has 11 nitrogen and oxygen atoms in total. The highest BCUT2D eigenvalue weighted by atomic mass is 16.5. The van der Waals surface area contributed by atoms with Crippen LogP contribution < -0.4 is 16.0 Å². The number of nitrogens with zero attached hydrogens (tertiary/aromatic N) is 2. The molecule has 3 N–H and O–H groups in total. The van der Waals surface area contributed by atoms with E-state index < -0.39 is 36.3 Å². The quantitative estimate of drug-likeness (QED) is 0.180. The van der Waals surface area contributed by atoms with Crippen LogP contribution in [0.5, 0.6) is 0 Å². The summed E-state index contributed by atoms with van der Waals surface area (Å²) in [5.74, 6) is -1.11. The first-order chi connectivity index (χ1) is 24.0. The zero-order valence-corrected chi connectivity index (χ0v) is 33.7. The highest BCUT2D eigenvalue weighted by Crippen LogP contribution is 2.30. The Labute approximate surface area is 308 Å². The van der Waals surface area contributed by atoms with E-state index >= 15 is 0 Å². The molecule has 2 unspecified atom stereocenters. The molecule has 1 saturated heterocycles. The summed E-state index contributed by atoms with van der Waals surface area (Å²) < 4.78 is 12.0. The third-order valence-electron chi connectivity index (χ3n) is 11.2. The van der Waals surface area contributed by atoms with Crippen molar-refractivity contribution in [1.82, 2.24) is 25.8 Å². The van der Waals surface area contributed by atoms with Crippen LogP contribution in [0.1, 0.15) is 99.5 Å². The molecule has 51 heavy (non-hydrogen) atoms. The maximum atomic E-state index is 14.2. The second-order valence-corrected chi connectivity index (χ2v) is 15.3. The Morgan fingerprint density at radius 2 is 1.49 bits per heavy atom. The summed E-state index contributed by atoms with van der Waals surface area (Å²) in [4.78, 5) is 58.5. The number of likely N-dealkylation sites (tertiary alicyclic amines) is 1. The van der Waals surface area contributed by atoms with Crippen LogP contribution in [0.2, 0.25) is 0 Å². The van der Waals surface area contributed by atoms with E-state index in [1.54, 1.807) is 33.2 Å². The maximum Gasteiger partial charge on any atom is 0.245 e. The van der Waals surface area contributed by atoms with E-state index in [4.69, 9.17) is 9.47 Å². The first kappa shape index (κ1) is 44.1. The Kier molecular flexibility index (Phi) is 18.1. The van der Waals surface area contributed by atoms with Crippen molar-refractivity contribution >= 4 is 23.6 Å². The molecule has 1 aliphatic rings. The molecule has 1 fully saturated rings. The number of benzene rings is 1. The van der Waals surface area contributed by atoms with E-state index in [1.165, 1.54) is 0 Å². The van der Waals surface area contributed by atoms with Crippen LogP contribution in [0.15, 0.2) is 30.3 Å². The highest BCUT2D eigenvalue weighted by Gasteiger charge is 2.43. The van der Waals surface area contributed by atoms with E-state index in [-0.39, 0.29) is 65.8 Å². The molecule has 11 heteroatoms. The molecule has 2 rings (SSSR count). The first-order valence-electron chi connectivity index (χ1n) is 19.0. The molecular weight excluding hydrogens is 646 g/mol. The van der Waals surface area contributed by atoms with Gasteiger partial charge in [-0.3, -0.25) is 19.2 Å². The van der Waals surface area contributed by atoms with Gasteiger partial charge in [0.05, 0.1) is 42.7 Å². The molecule has 1 heterocycles. The van der Waals surface area contributed by atoms with Crippen molar-refractivity contribution in [2.24, 2.45) is 23.7 Å². The smallest absolute Gasteiger partial charge is 0.245 e. The summed E-state index contributed by atoms with van der Waals surface area (Å²) in [6.07, 6.45) is 1.27. The Balaban J connectivity index is 2.24. The van der Waals surface area contributed by atoms with Gasteiger partial charge in [-0.15, -0.1) is 0 Å². The molecular formula is C40H69N5O6. The fourth-order valence-electron chi connectivity index (χ4n) is 7.58. The SMILES string of the molecule is CC[C@H](C)[C@@H]([C@@H](CC(=O)N1CCCC1[C@H](OC)[C@@H](C)C(=O)N[C@H](C)C(C)c1ccccc1)OC)N(C)C(=O)[C@@H](NC(=O)[C@@H](NC)C(C)C)C(C)C. The normalized spacial score (nSPS) is 20.1. The van der Waals surface area contributed by atoms with Gasteiger partial charge in [0.25, 0.3) is 0 Å². The lowest BCUT2D eigenvalue weighted by Gasteiger charge is -2.41. The number of amides is 4. The van der Waals surface area contributed by atoms with E-state index in [1.807, 2.05) is 64.6 Å². The van der Waals surface area contributed by atoms with Gasteiger partial charge in [0.1, 0.15) is 6.04 Å². The van der Waals surface area contributed by atoms with Crippen molar-refractivity contribution in [1.29, 1.82) is 0 Å². The van der Waals surface area contributed by atoms with Crippen LogP contribution >= 0.6 is 0 Å². The average molecular weight is 716 g/mol. The number of hydrogen-bond donors (Lipinski definition) is 3. The van der Waals surface area contributed by atoms with Crippen molar-refractivity contribution in [3.8, 4) is 0 Å². The van der Waals surface area contributed by atoms with Crippen molar-refractivity contribution in [2.75, 3.05) is 34.9 Å². The number of likely N-dealkylation sites (N-methyl/N-ethyl adjacent to an activating group) is 2. The molecule has 1 aromatic carbocycles. The molecule has 290 valence electrons. The van der Waals surface area contributed by atoms with Gasteiger partial charge in [-0.2, -0.15) is 0 Å². The van der Waals surface area contributed by atoms with Crippen LogP contribution in [0.25, 0.3) is 0 Å². The van der Waals surface area contributed by atoms with Gasteiger partial charge in [-0.1, -0.05) is 92.1 Å². The molecule has 0 aromatic heterocycles. The van der Waals surface area contributed by atoms with Crippen LogP contribution in [-0.2, 0) is 28.7 Å². The molecule has 4 amide bonds. The maximum absolute atomic E-state index is 14.2. The zero-order chi connectivity index (χ0) is 38.6. The molecule has 0 radical (unpaired) electrons. The topological polar surface area (TPSA) is 129 Å². The van der Waals surface area contributed by atoms with Gasteiger partial charge in [0, 0.05) is 39.8 Å². The van der Waals surface area contributed by atoms with Crippen molar-refractivity contribution in [3.63, 3.8) is 0 Å². The van der Waals surface area contributed by atoms with Gasteiger partial charge in [0.2, 0.25) is 23.6 Å². The van der Waals surface area contributed by atoms with Crippen molar-refractivity contribution in [2.45, 2.75) is 136 Å². The molecule has 0 bridgehead atoms. The minimum absolute atomic E-state index is 0.00557. The standard InChI is InChI=1S/C40H69N5O6/c1-14-26(6)36(44(11)40(49)35(25(4)5)43-39(48)34(41-10)24(2)3)32(50-12)23-33(46)45-22-18-21-31(45)37(51-13)28(8)38(47)42-29(9)27(7)30-19-16-15-17-20-30/h15-17,19-20,24-29,31-32,34-37,41H,14,18,21-23H2,1-13H3,(H,42,47)(H,43,48)/t26-,27?,28+,29+,31?,32+,34-,35-,36-,37+/m0/s1. The minimum Gasteiger partial charge on any atom is -0.379 e. The second kappa shape index (κ2) is 20.9. The molecule has 1 aliphatic heterocycles. The molecule has 0 saturated carbocycles. The summed E-state index contributed by atoms with van der Waals surface area (Å²) >= 11 is 0.